The number of nitrogens with one attached hydrogen (secondary N) is 1. The van der Waals surface area contributed by atoms with Gasteiger partial charge in [-0.15, -0.1) is 0 Å². The largest absolute Gasteiger partial charge is 0.350 e. The first kappa shape index (κ1) is 16.3. The Morgan fingerprint density at radius 1 is 1.46 bits per heavy atom. The van der Waals surface area contributed by atoms with Crippen molar-refractivity contribution >= 4 is 28.3 Å². The lowest BCUT2D eigenvalue weighted by molar-refractivity contribution is -0.185. The fraction of sp³-hybridized carbons (Fsp3) is 0.833. The molecule has 3 fully saturated rings. The van der Waals surface area contributed by atoms with Crippen molar-refractivity contribution in [2.75, 3.05) is 18.5 Å². The Morgan fingerprint density at radius 3 is 3.00 bits per heavy atom. The zero-order valence-electron chi connectivity index (χ0n) is 12.9. The molecule has 3 aliphatic heterocycles. The molecular formula is C12H15ClN6O4S. The number of azide groups is 1. The van der Waals surface area contributed by atoms with Gasteiger partial charge < -0.3 is 24.3 Å². The van der Waals surface area contributed by atoms with Gasteiger partial charge in [-0.05, 0) is 31.0 Å². The van der Waals surface area contributed by atoms with Crippen LogP contribution in [0, 0.1) is 0 Å². The minimum Gasteiger partial charge on any atom is -0.350 e. The molecule has 2 bridgehead atoms. The molecule has 1 aromatic heterocycles. The predicted octanol–water partition coefficient (Wildman–Crippen LogP) is 1.93. The molecule has 4 heterocycles. The van der Waals surface area contributed by atoms with Crippen molar-refractivity contribution in [3.05, 3.63) is 15.7 Å². The summed E-state index contributed by atoms with van der Waals surface area (Å²) < 4.78 is 27.9. The van der Waals surface area contributed by atoms with E-state index in [1.54, 1.807) is 0 Å². The van der Waals surface area contributed by atoms with Crippen molar-refractivity contribution in [1.82, 2.24) is 9.36 Å². The molecule has 1 N–H and O–H groups in total. The van der Waals surface area contributed by atoms with Crippen molar-refractivity contribution in [3.8, 4) is 0 Å². The molecule has 0 saturated carbocycles. The first-order chi connectivity index (χ1) is 11.4. The Bertz CT molecular complexity index is 697. The van der Waals surface area contributed by atoms with Gasteiger partial charge in [0, 0.05) is 16.4 Å². The third-order valence-electron chi connectivity index (χ3n) is 4.23. The second kappa shape index (κ2) is 5.67. The average molecular weight is 375 g/mol. The molecule has 24 heavy (non-hydrogen) atoms. The maximum Gasteiger partial charge on any atom is 0.236 e. The van der Waals surface area contributed by atoms with Crippen LogP contribution in [0.1, 0.15) is 13.8 Å². The minimum atomic E-state index is -0.855. The lowest BCUT2D eigenvalue weighted by atomic mass is 9.88. The van der Waals surface area contributed by atoms with Crippen LogP contribution in [0.25, 0.3) is 10.4 Å². The molecule has 0 spiro atoms. The number of nitrogens with zero attached hydrogens (tertiary/aromatic N) is 5. The Hall–Kier alpha value is -1.20. The van der Waals surface area contributed by atoms with Crippen LogP contribution in [-0.2, 0) is 18.9 Å². The fourth-order valence-corrected chi connectivity index (χ4v) is 4.10. The first-order valence-corrected chi connectivity index (χ1v) is 8.49. The molecule has 0 aromatic carbocycles. The summed E-state index contributed by atoms with van der Waals surface area (Å²) >= 11 is 6.91. The molecule has 10 nitrogen and oxygen atoms in total. The smallest absolute Gasteiger partial charge is 0.236 e. The predicted molar refractivity (Wildman–Crippen MR) is 83.7 cm³/mol. The highest BCUT2D eigenvalue weighted by molar-refractivity contribution is 7.09. The number of ether oxygens (including phenoxy) is 4. The van der Waals surface area contributed by atoms with E-state index in [-0.39, 0.29) is 30.6 Å². The van der Waals surface area contributed by atoms with Gasteiger partial charge in [-0.3, -0.25) is 0 Å². The van der Waals surface area contributed by atoms with Gasteiger partial charge in [0.2, 0.25) is 10.4 Å². The summed E-state index contributed by atoms with van der Waals surface area (Å²) in [7, 11) is 0. The summed E-state index contributed by atoms with van der Waals surface area (Å²) in [5.41, 5.74) is 7.81. The molecule has 0 radical (unpaired) electrons. The van der Waals surface area contributed by atoms with Crippen LogP contribution in [0.15, 0.2) is 5.11 Å². The Kier molecular flexibility index (Phi) is 3.84. The minimum absolute atomic E-state index is 0.109. The second-order valence-electron chi connectivity index (χ2n) is 6.31. The molecule has 130 valence electrons. The number of hydrogen-bond donors (Lipinski definition) is 1. The van der Waals surface area contributed by atoms with E-state index in [0.29, 0.717) is 5.13 Å². The topological polar surface area (TPSA) is 123 Å². The number of halogens is 1. The van der Waals surface area contributed by atoms with E-state index in [1.807, 2.05) is 13.8 Å². The van der Waals surface area contributed by atoms with Crippen LogP contribution in [0.3, 0.4) is 0 Å². The van der Waals surface area contributed by atoms with Gasteiger partial charge in [0.05, 0.1) is 13.2 Å². The molecule has 1 aromatic rings. The van der Waals surface area contributed by atoms with E-state index < -0.39 is 23.8 Å². The van der Waals surface area contributed by atoms with Gasteiger partial charge in [-0.25, -0.2) is 0 Å². The number of rotatable bonds is 4. The highest BCUT2D eigenvalue weighted by Gasteiger charge is 2.65. The Morgan fingerprint density at radius 2 is 2.29 bits per heavy atom. The standard InChI is InChI=1S/C12H15ClN6O4S/c1-11(2)21-6-5(16-10-17-9(13)18-24-10)8-20-4-12(23-8,3-15-19-14)7(6)22-11/h5-8H,3-4H2,1-2H3,(H,16,17,18)/t5-,6-,7-,8+,12+/m1/s1. The normalized spacial score (nSPS) is 39.3. The fourth-order valence-electron chi connectivity index (χ4n) is 3.34. The van der Waals surface area contributed by atoms with Gasteiger partial charge in [-0.1, -0.05) is 5.11 Å². The van der Waals surface area contributed by atoms with Crippen molar-refractivity contribution in [3.63, 3.8) is 0 Å². The third kappa shape index (κ3) is 2.62. The quantitative estimate of drug-likeness (QED) is 0.485. The molecule has 3 saturated heterocycles. The summed E-state index contributed by atoms with van der Waals surface area (Å²) in [6.07, 6.45) is -1.39. The molecule has 3 aliphatic rings. The van der Waals surface area contributed by atoms with Gasteiger partial charge in [0.1, 0.15) is 23.9 Å². The monoisotopic (exact) mass is 374 g/mol. The first-order valence-electron chi connectivity index (χ1n) is 7.34. The van der Waals surface area contributed by atoms with Crippen molar-refractivity contribution < 1.29 is 18.9 Å². The molecular weight excluding hydrogens is 360 g/mol. The average Bonchev–Trinajstić information content (AvgIpc) is 3.19. The van der Waals surface area contributed by atoms with E-state index in [4.69, 9.17) is 36.1 Å². The van der Waals surface area contributed by atoms with E-state index in [2.05, 4.69) is 24.7 Å². The molecule has 0 amide bonds. The zero-order valence-corrected chi connectivity index (χ0v) is 14.5. The van der Waals surface area contributed by atoms with Crippen molar-refractivity contribution in [1.29, 1.82) is 0 Å². The van der Waals surface area contributed by atoms with E-state index >= 15 is 0 Å². The van der Waals surface area contributed by atoms with E-state index in [1.165, 1.54) is 0 Å². The SMILES string of the molecule is CC1(C)O[C@@H]2[C@@H](Nc3nc(Cl)ns3)[C@H]3OC[C@](CN=[N+]=[N-])(O3)[C@@H]2O1. The summed E-state index contributed by atoms with van der Waals surface area (Å²) in [5.74, 6) is -0.786. The number of aromatic nitrogens is 2. The van der Waals surface area contributed by atoms with Crippen LogP contribution in [0.5, 0.6) is 0 Å². The number of fused-ring (bicyclic) bond motifs is 4. The Balaban J connectivity index is 1.64. The summed E-state index contributed by atoms with van der Waals surface area (Å²) in [5, 5.41) is 7.59. The van der Waals surface area contributed by atoms with Gasteiger partial charge >= 0.3 is 0 Å². The second-order valence-corrected chi connectivity index (χ2v) is 7.40. The highest BCUT2D eigenvalue weighted by atomic mass is 35.5. The van der Waals surface area contributed by atoms with Crippen LogP contribution < -0.4 is 5.32 Å². The van der Waals surface area contributed by atoms with Crippen LogP contribution in [0.4, 0.5) is 5.13 Å². The van der Waals surface area contributed by atoms with Gasteiger partial charge in [-0.2, -0.15) is 9.36 Å². The van der Waals surface area contributed by atoms with E-state index in [9.17, 15) is 0 Å². The highest BCUT2D eigenvalue weighted by Crippen LogP contribution is 2.47. The number of anilines is 1. The summed E-state index contributed by atoms with van der Waals surface area (Å²) in [6, 6.07) is -0.359. The lowest BCUT2D eigenvalue weighted by Gasteiger charge is -2.41. The maximum absolute atomic E-state index is 8.66. The zero-order chi connectivity index (χ0) is 16.9. The molecule has 0 unspecified atom stereocenters. The number of hydrogen-bond acceptors (Lipinski definition) is 9. The molecule has 0 aliphatic carbocycles. The maximum atomic E-state index is 8.66. The summed E-state index contributed by atoms with van der Waals surface area (Å²) in [4.78, 5) is 6.92. The third-order valence-corrected chi connectivity index (χ3v) is 5.15. The van der Waals surface area contributed by atoms with Crippen LogP contribution >= 0.6 is 23.1 Å². The molecule has 5 atom stereocenters. The van der Waals surface area contributed by atoms with Gasteiger partial charge in [0.25, 0.3) is 0 Å². The molecule has 4 rings (SSSR count). The van der Waals surface area contributed by atoms with Crippen molar-refractivity contribution in [2.24, 2.45) is 5.11 Å². The summed E-state index contributed by atoms with van der Waals surface area (Å²) in [6.45, 7) is 4.03. The Labute approximate surface area is 146 Å². The van der Waals surface area contributed by atoms with E-state index in [0.717, 1.165) is 11.5 Å². The van der Waals surface area contributed by atoms with Crippen LogP contribution in [-0.4, -0.2) is 58.4 Å². The molecule has 12 heteroatoms. The lowest BCUT2D eigenvalue weighted by Crippen LogP contribution is -2.62. The van der Waals surface area contributed by atoms with Gasteiger partial charge in [0.15, 0.2) is 12.1 Å². The van der Waals surface area contributed by atoms with Crippen molar-refractivity contribution in [2.45, 2.75) is 49.8 Å². The van der Waals surface area contributed by atoms with Crippen LogP contribution in [0.2, 0.25) is 5.28 Å².